The number of benzene rings is 3. The van der Waals surface area contributed by atoms with Crippen LogP contribution in [-0.2, 0) is 9.59 Å². The third-order valence-corrected chi connectivity index (χ3v) is 5.38. The smallest absolute Gasteiger partial charge is 0.229 e. The van der Waals surface area contributed by atoms with Gasteiger partial charge in [-0.25, -0.2) is 0 Å². The first kappa shape index (κ1) is 16.8. The van der Waals surface area contributed by atoms with Gasteiger partial charge in [-0.1, -0.05) is 48.5 Å². The number of carbonyl (C=O) groups excluding carboxylic acids is 2. The number of hydrogen-bond acceptors (Lipinski definition) is 2. The van der Waals surface area contributed by atoms with Gasteiger partial charge in [0.15, 0.2) is 0 Å². The number of halogens is 1. The van der Waals surface area contributed by atoms with Gasteiger partial charge in [0.1, 0.15) is 0 Å². The molecule has 0 aromatic heterocycles. The van der Waals surface area contributed by atoms with Crippen LogP contribution in [0.15, 0.2) is 71.2 Å². The van der Waals surface area contributed by atoms with Crippen molar-refractivity contribution in [2.45, 2.75) is 6.42 Å². The topological polar surface area (TPSA) is 49.4 Å². The molecule has 1 N–H and O–H groups in total. The van der Waals surface area contributed by atoms with Gasteiger partial charge in [-0.15, -0.1) is 0 Å². The minimum atomic E-state index is -0.367. The zero-order chi connectivity index (χ0) is 18.1. The first-order valence-electron chi connectivity index (χ1n) is 8.47. The Bertz CT molecular complexity index is 997. The van der Waals surface area contributed by atoms with E-state index in [1.807, 2.05) is 66.7 Å². The monoisotopic (exact) mass is 408 g/mol. The summed E-state index contributed by atoms with van der Waals surface area (Å²) in [6, 6.07) is 21.3. The summed E-state index contributed by atoms with van der Waals surface area (Å²) < 4.78 is 0.823. The number of anilines is 2. The van der Waals surface area contributed by atoms with E-state index in [0.717, 1.165) is 20.9 Å². The summed E-state index contributed by atoms with van der Waals surface area (Å²) in [7, 11) is 0. The lowest BCUT2D eigenvalue weighted by atomic mass is 10.1. The van der Waals surface area contributed by atoms with Crippen LogP contribution in [0.2, 0.25) is 0 Å². The van der Waals surface area contributed by atoms with Crippen molar-refractivity contribution in [2.75, 3.05) is 16.8 Å². The third kappa shape index (κ3) is 3.10. The molecule has 1 atom stereocenters. The van der Waals surface area contributed by atoms with Crippen LogP contribution in [0.4, 0.5) is 11.4 Å². The number of para-hydroxylation sites is 1. The van der Waals surface area contributed by atoms with E-state index in [1.165, 1.54) is 0 Å². The number of rotatable bonds is 3. The Kier molecular flexibility index (Phi) is 4.47. The summed E-state index contributed by atoms with van der Waals surface area (Å²) in [4.78, 5) is 27.0. The van der Waals surface area contributed by atoms with Crippen molar-refractivity contribution in [1.29, 1.82) is 0 Å². The van der Waals surface area contributed by atoms with Gasteiger partial charge in [-0.05, 0) is 39.5 Å². The second-order valence-corrected chi connectivity index (χ2v) is 7.23. The van der Waals surface area contributed by atoms with Crippen LogP contribution in [0.25, 0.3) is 10.8 Å². The molecule has 1 aliphatic rings. The molecule has 1 heterocycles. The lowest BCUT2D eigenvalue weighted by Crippen LogP contribution is -2.28. The molecule has 5 heteroatoms. The van der Waals surface area contributed by atoms with Gasteiger partial charge in [0, 0.05) is 22.8 Å². The predicted molar refractivity (Wildman–Crippen MR) is 107 cm³/mol. The first-order valence-corrected chi connectivity index (χ1v) is 9.26. The molecule has 1 saturated heterocycles. The summed E-state index contributed by atoms with van der Waals surface area (Å²) in [5, 5.41) is 5.02. The number of amides is 2. The van der Waals surface area contributed by atoms with E-state index in [-0.39, 0.29) is 24.2 Å². The zero-order valence-corrected chi connectivity index (χ0v) is 15.6. The normalized spacial score (nSPS) is 16.9. The fourth-order valence-corrected chi connectivity index (χ4v) is 3.74. The number of nitrogens with one attached hydrogen (secondary N) is 1. The minimum absolute atomic E-state index is 0.0198. The molecule has 0 unspecified atom stereocenters. The van der Waals surface area contributed by atoms with Crippen molar-refractivity contribution in [3.63, 3.8) is 0 Å². The van der Waals surface area contributed by atoms with Gasteiger partial charge in [-0.3, -0.25) is 9.59 Å². The Morgan fingerprint density at radius 3 is 2.58 bits per heavy atom. The molecule has 0 saturated carbocycles. The van der Waals surface area contributed by atoms with Crippen LogP contribution in [0, 0.1) is 5.92 Å². The van der Waals surface area contributed by atoms with Crippen molar-refractivity contribution in [1.82, 2.24) is 0 Å². The molecule has 0 aliphatic carbocycles. The molecular formula is C21H17BrN2O2. The average molecular weight is 409 g/mol. The fraction of sp³-hybridized carbons (Fsp3) is 0.143. The summed E-state index contributed by atoms with van der Waals surface area (Å²) in [6.45, 7) is 0.392. The van der Waals surface area contributed by atoms with E-state index in [1.54, 1.807) is 4.90 Å². The second kappa shape index (κ2) is 6.92. The molecular weight excluding hydrogens is 392 g/mol. The average Bonchev–Trinajstić information content (AvgIpc) is 3.05. The van der Waals surface area contributed by atoms with Crippen LogP contribution in [0.3, 0.4) is 0 Å². The molecule has 3 aromatic rings. The molecule has 26 heavy (non-hydrogen) atoms. The van der Waals surface area contributed by atoms with Gasteiger partial charge < -0.3 is 10.2 Å². The van der Waals surface area contributed by atoms with Crippen molar-refractivity contribution < 1.29 is 9.59 Å². The Hall–Kier alpha value is -2.66. The second-order valence-electron chi connectivity index (χ2n) is 6.37. The van der Waals surface area contributed by atoms with Crippen LogP contribution < -0.4 is 10.2 Å². The highest BCUT2D eigenvalue weighted by molar-refractivity contribution is 9.10. The highest BCUT2D eigenvalue weighted by atomic mass is 79.9. The van der Waals surface area contributed by atoms with Crippen LogP contribution >= 0.6 is 15.9 Å². The van der Waals surface area contributed by atoms with Gasteiger partial charge in [0.25, 0.3) is 0 Å². The Morgan fingerprint density at radius 2 is 1.73 bits per heavy atom. The van der Waals surface area contributed by atoms with E-state index in [2.05, 4.69) is 21.2 Å². The molecule has 1 aliphatic heterocycles. The lowest BCUT2D eigenvalue weighted by Gasteiger charge is -2.19. The van der Waals surface area contributed by atoms with Gasteiger partial charge >= 0.3 is 0 Å². The number of fused-ring (bicyclic) bond motifs is 1. The number of carbonyl (C=O) groups is 2. The largest absolute Gasteiger partial charge is 0.325 e. The summed E-state index contributed by atoms with van der Waals surface area (Å²) in [5.41, 5.74) is 1.58. The van der Waals surface area contributed by atoms with Gasteiger partial charge in [0.05, 0.1) is 17.3 Å². The van der Waals surface area contributed by atoms with Crippen molar-refractivity contribution in [2.24, 2.45) is 5.92 Å². The number of hydrogen-bond donors (Lipinski definition) is 1. The molecule has 4 nitrogen and oxygen atoms in total. The van der Waals surface area contributed by atoms with Gasteiger partial charge in [0.2, 0.25) is 11.8 Å². The van der Waals surface area contributed by atoms with E-state index in [9.17, 15) is 9.59 Å². The van der Waals surface area contributed by atoms with E-state index in [4.69, 9.17) is 0 Å². The summed E-state index contributed by atoms with van der Waals surface area (Å²) >= 11 is 3.43. The van der Waals surface area contributed by atoms with Crippen LogP contribution in [0.1, 0.15) is 6.42 Å². The van der Waals surface area contributed by atoms with E-state index < -0.39 is 0 Å². The van der Waals surface area contributed by atoms with Crippen molar-refractivity contribution in [3.05, 3.63) is 71.2 Å². The first-order chi connectivity index (χ1) is 12.6. The zero-order valence-electron chi connectivity index (χ0n) is 14.0. The molecule has 4 rings (SSSR count). The molecule has 0 bridgehead atoms. The highest BCUT2D eigenvalue weighted by Crippen LogP contribution is 2.32. The minimum Gasteiger partial charge on any atom is -0.325 e. The molecule has 1 fully saturated rings. The molecule has 130 valence electrons. The quantitative estimate of drug-likeness (QED) is 0.688. The predicted octanol–water partition coefficient (Wildman–Crippen LogP) is 4.59. The van der Waals surface area contributed by atoms with E-state index in [0.29, 0.717) is 12.2 Å². The Balaban J connectivity index is 1.57. The van der Waals surface area contributed by atoms with Crippen LogP contribution in [0.5, 0.6) is 0 Å². The van der Waals surface area contributed by atoms with Crippen molar-refractivity contribution in [3.8, 4) is 0 Å². The summed E-state index contributed by atoms with van der Waals surface area (Å²) in [5.74, 6) is -0.518. The SMILES string of the molecule is O=C(Nc1ccccc1Br)[C@H]1CC(=O)N(c2cccc3ccccc23)C1. The fourth-order valence-electron chi connectivity index (χ4n) is 3.36. The van der Waals surface area contributed by atoms with Crippen molar-refractivity contribution >= 4 is 49.9 Å². The Labute approximate surface area is 159 Å². The maximum atomic E-state index is 12.6. The molecule has 0 spiro atoms. The number of nitrogens with zero attached hydrogens (tertiary/aromatic N) is 1. The van der Waals surface area contributed by atoms with Crippen LogP contribution in [-0.4, -0.2) is 18.4 Å². The molecule has 3 aromatic carbocycles. The molecule has 0 radical (unpaired) electrons. The van der Waals surface area contributed by atoms with Gasteiger partial charge in [-0.2, -0.15) is 0 Å². The summed E-state index contributed by atoms with van der Waals surface area (Å²) in [6.07, 6.45) is 0.222. The Morgan fingerprint density at radius 1 is 1.00 bits per heavy atom. The maximum absolute atomic E-state index is 12.6. The maximum Gasteiger partial charge on any atom is 0.229 e. The van der Waals surface area contributed by atoms with E-state index >= 15 is 0 Å². The third-order valence-electron chi connectivity index (χ3n) is 4.68. The highest BCUT2D eigenvalue weighted by Gasteiger charge is 2.35. The molecule has 2 amide bonds. The lowest BCUT2D eigenvalue weighted by molar-refractivity contribution is -0.122. The standard InChI is InChI=1S/C21H17BrN2O2/c22-17-9-3-4-10-18(17)23-21(26)15-12-20(25)24(13-15)19-11-5-7-14-6-1-2-8-16(14)19/h1-11,15H,12-13H2,(H,23,26)/t15-/m0/s1.